The Morgan fingerprint density at radius 2 is 1.88 bits per heavy atom. The Hall–Kier alpha value is -2.04. The van der Waals surface area contributed by atoms with E-state index >= 15 is 0 Å². The first kappa shape index (κ1) is 10.5. The lowest BCUT2D eigenvalue weighted by Crippen LogP contribution is -1.98. The summed E-state index contributed by atoms with van der Waals surface area (Å²) in [4.78, 5) is 7.92. The summed E-state index contributed by atoms with van der Waals surface area (Å²) in [5, 5.41) is 0. The fourth-order valence-corrected chi connectivity index (χ4v) is 1.43. The van der Waals surface area contributed by atoms with Crippen molar-refractivity contribution in [3.05, 3.63) is 41.7 Å². The summed E-state index contributed by atoms with van der Waals surface area (Å²) in [6, 6.07) is 4.75. The van der Waals surface area contributed by atoms with E-state index in [0.717, 1.165) is 6.07 Å². The molecule has 1 aromatic heterocycles. The van der Waals surface area contributed by atoms with Crippen molar-refractivity contribution in [3.8, 4) is 11.3 Å². The summed E-state index contributed by atoms with van der Waals surface area (Å²) < 4.78 is 26.2. The molecule has 0 aliphatic heterocycles. The van der Waals surface area contributed by atoms with Crippen molar-refractivity contribution in [2.75, 3.05) is 5.73 Å². The standard InChI is InChI=1S/C11H9F2N3/c1-6-15-10(5-11(14)16-6)8-3-2-7(12)4-9(8)13/h2-5H,1H3,(H2,14,15,16). The van der Waals surface area contributed by atoms with Crippen LogP contribution >= 0.6 is 0 Å². The van der Waals surface area contributed by atoms with Crippen LogP contribution in [0.4, 0.5) is 14.6 Å². The Labute approximate surface area is 91.0 Å². The van der Waals surface area contributed by atoms with Crippen molar-refractivity contribution < 1.29 is 8.78 Å². The third-order valence-electron chi connectivity index (χ3n) is 2.06. The number of anilines is 1. The first-order chi connectivity index (χ1) is 7.56. The van der Waals surface area contributed by atoms with Gasteiger partial charge < -0.3 is 5.73 Å². The number of benzene rings is 1. The summed E-state index contributed by atoms with van der Waals surface area (Å²) in [5.74, 6) is -0.595. The lowest BCUT2D eigenvalue weighted by atomic mass is 10.1. The molecule has 1 heterocycles. The number of aromatic nitrogens is 2. The average molecular weight is 221 g/mol. The highest BCUT2D eigenvalue weighted by molar-refractivity contribution is 5.62. The Morgan fingerprint density at radius 1 is 1.12 bits per heavy atom. The fraction of sp³-hybridized carbons (Fsp3) is 0.0909. The minimum atomic E-state index is -0.669. The Balaban J connectivity index is 2.58. The Bertz CT molecular complexity index is 520. The van der Waals surface area contributed by atoms with E-state index in [1.54, 1.807) is 6.92 Å². The van der Waals surface area contributed by atoms with Crippen molar-refractivity contribution in [1.82, 2.24) is 9.97 Å². The van der Waals surface area contributed by atoms with Gasteiger partial charge in [0.05, 0.1) is 5.69 Å². The third-order valence-corrected chi connectivity index (χ3v) is 2.06. The number of rotatable bonds is 1. The number of aryl methyl sites for hydroxylation is 1. The second-order valence-electron chi connectivity index (χ2n) is 3.35. The number of nitrogens with zero attached hydrogens (tertiary/aromatic N) is 2. The van der Waals surface area contributed by atoms with Gasteiger partial charge in [-0.25, -0.2) is 18.7 Å². The molecular weight excluding hydrogens is 212 g/mol. The molecule has 16 heavy (non-hydrogen) atoms. The van der Waals surface area contributed by atoms with Gasteiger partial charge in [-0.15, -0.1) is 0 Å². The van der Waals surface area contributed by atoms with E-state index in [4.69, 9.17) is 5.73 Å². The van der Waals surface area contributed by atoms with Crippen molar-refractivity contribution in [2.24, 2.45) is 0 Å². The molecule has 2 N–H and O–H groups in total. The van der Waals surface area contributed by atoms with E-state index in [1.165, 1.54) is 18.2 Å². The van der Waals surface area contributed by atoms with Crippen LogP contribution in [0.1, 0.15) is 5.82 Å². The lowest BCUT2D eigenvalue weighted by Gasteiger charge is -2.04. The van der Waals surface area contributed by atoms with Crippen molar-refractivity contribution in [2.45, 2.75) is 6.92 Å². The zero-order valence-electron chi connectivity index (χ0n) is 8.54. The van der Waals surface area contributed by atoms with Gasteiger partial charge in [0.25, 0.3) is 0 Å². The van der Waals surface area contributed by atoms with E-state index < -0.39 is 11.6 Å². The monoisotopic (exact) mass is 221 g/mol. The van der Waals surface area contributed by atoms with Crippen LogP contribution in [0.3, 0.4) is 0 Å². The molecule has 0 spiro atoms. The summed E-state index contributed by atoms with van der Waals surface area (Å²) in [7, 11) is 0. The molecule has 1 aromatic carbocycles. The van der Waals surface area contributed by atoms with E-state index in [-0.39, 0.29) is 11.4 Å². The number of halogens is 2. The second-order valence-corrected chi connectivity index (χ2v) is 3.35. The smallest absolute Gasteiger partial charge is 0.135 e. The Morgan fingerprint density at radius 3 is 2.50 bits per heavy atom. The summed E-state index contributed by atoms with van der Waals surface area (Å²) in [6.07, 6.45) is 0. The van der Waals surface area contributed by atoms with Crippen LogP contribution < -0.4 is 5.73 Å². The highest BCUT2D eigenvalue weighted by atomic mass is 19.1. The molecule has 0 amide bonds. The number of hydrogen-bond acceptors (Lipinski definition) is 3. The summed E-state index contributed by atoms with van der Waals surface area (Å²) in [5.41, 5.74) is 6.09. The molecule has 2 aromatic rings. The predicted molar refractivity (Wildman–Crippen MR) is 56.5 cm³/mol. The van der Waals surface area contributed by atoms with E-state index in [2.05, 4.69) is 9.97 Å². The van der Waals surface area contributed by atoms with Crippen LogP contribution in [0.2, 0.25) is 0 Å². The Kier molecular flexibility index (Phi) is 2.52. The molecule has 0 aliphatic carbocycles. The average Bonchev–Trinajstić information content (AvgIpc) is 2.15. The number of nitrogen functional groups attached to an aromatic ring is 1. The van der Waals surface area contributed by atoms with Crippen LogP contribution in [0.5, 0.6) is 0 Å². The molecule has 5 heteroatoms. The molecule has 0 saturated carbocycles. The van der Waals surface area contributed by atoms with Crippen LogP contribution in [0.15, 0.2) is 24.3 Å². The first-order valence-corrected chi connectivity index (χ1v) is 4.63. The summed E-state index contributed by atoms with van der Waals surface area (Å²) >= 11 is 0. The third kappa shape index (κ3) is 1.98. The highest BCUT2D eigenvalue weighted by Gasteiger charge is 2.09. The van der Waals surface area contributed by atoms with Gasteiger partial charge in [-0.3, -0.25) is 0 Å². The van der Waals surface area contributed by atoms with Crippen LogP contribution in [0.25, 0.3) is 11.3 Å². The maximum Gasteiger partial charge on any atom is 0.135 e. The molecule has 0 saturated heterocycles. The number of nitrogens with two attached hydrogens (primary N) is 1. The second kappa shape index (κ2) is 3.84. The normalized spacial score (nSPS) is 10.4. The molecule has 0 atom stereocenters. The van der Waals surface area contributed by atoms with Gasteiger partial charge in [-0.05, 0) is 19.1 Å². The molecule has 0 bridgehead atoms. The van der Waals surface area contributed by atoms with Crippen LogP contribution in [-0.4, -0.2) is 9.97 Å². The fourth-order valence-electron chi connectivity index (χ4n) is 1.43. The molecular formula is C11H9F2N3. The van der Waals surface area contributed by atoms with Gasteiger partial charge in [-0.2, -0.15) is 0 Å². The molecule has 0 unspecified atom stereocenters. The van der Waals surface area contributed by atoms with Gasteiger partial charge in [-0.1, -0.05) is 0 Å². The zero-order chi connectivity index (χ0) is 11.7. The van der Waals surface area contributed by atoms with Crippen LogP contribution in [-0.2, 0) is 0 Å². The number of hydrogen-bond donors (Lipinski definition) is 1. The minimum Gasteiger partial charge on any atom is -0.384 e. The molecule has 82 valence electrons. The lowest BCUT2D eigenvalue weighted by molar-refractivity contribution is 0.585. The summed E-state index contributed by atoms with van der Waals surface area (Å²) in [6.45, 7) is 1.65. The first-order valence-electron chi connectivity index (χ1n) is 4.63. The largest absolute Gasteiger partial charge is 0.384 e. The van der Waals surface area contributed by atoms with Crippen molar-refractivity contribution >= 4 is 5.82 Å². The molecule has 2 rings (SSSR count). The topological polar surface area (TPSA) is 51.8 Å². The van der Waals surface area contributed by atoms with Gasteiger partial charge in [0, 0.05) is 17.7 Å². The molecule has 0 fully saturated rings. The van der Waals surface area contributed by atoms with Gasteiger partial charge in [0.15, 0.2) is 0 Å². The molecule has 0 radical (unpaired) electrons. The molecule has 3 nitrogen and oxygen atoms in total. The minimum absolute atomic E-state index is 0.207. The highest BCUT2D eigenvalue weighted by Crippen LogP contribution is 2.22. The predicted octanol–water partition coefficient (Wildman–Crippen LogP) is 2.31. The maximum atomic E-state index is 13.5. The quantitative estimate of drug-likeness (QED) is 0.803. The zero-order valence-corrected chi connectivity index (χ0v) is 8.54. The van der Waals surface area contributed by atoms with E-state index in [9.17, 15) is 8.78 Å². The SMILES string of the molecule is Cc1nc(N)cc(-c2ccc(F)cc2F)n1. The molecule has 0 aliphatic rings. The van der Waals surface area contributed by atoms with Gasteiger partial charge in [0.1, 0.15) is 23.3 Å². The van der Waals surface area contributed by atoms with Crippen LogP contribution in [0, 0.1) is 18.6 Å². The van der Waals surface area contributed by atoms with E-state index in [0.29, 0.717) is 11.5 Å². The van der Waals surface area contributed by atoms with Gasteiger partial charge >= 0.3 is 0 Å². The van der Waals surface area contributed by atoms with Gasteiger partial charge in [0.2, 0.25) is 0 Å². The van der Waals surface area contributed by atoms with Crippen molar-refractivity contribution in [1.29, 1.82) is 0 Å². The van der Waals surface area contributed by atoms with Crippen molar-refractivity contribution in [3.63, 3.8) is 0 Å². The maximum absolute atomic E-state index is 13.5. The van der Waals surface area contributed by atoms with E-state index in [1.807, 2.05) is 0 Å².